The largest absolute Gasteiger partial charge is 0.465 e. The van der Waals surface area contributed by atoms with Gasteiger partial charge in [0.05, 0.1) is 42.1 Å². The molecule has 2 saturated heterocycles. The fraction of sp³-hybridized carbons (Fsp3) is 0.447. The number of H-pyrrole nitrogens is 2. The number of likely N-dealkylation sites (tertiary alicyclic amines) is 2. The lowest BCUT2D eigenvalue weighted by molar-refractivity contribution is -0.139. The van der Waals surface area contributed by atoms with E-state index in [0.29, 0.717) is 18.9 Å². The molecule has 4 amide bonds. The molecule has 5 aromatic rings. The standard InChI is InChI=1S/C47H58N8O6/c1-26(2)40(52(7)46(58)59)44(56)54-24-28(5)20-38(54)42-48-23-37(51-42)33-16-14-31(15-17-33)30-10-12-32(13-11-30)34-18-19-35-36(22-34)50-43(49-35)39-21-29(6)25-55(39)45(57)41(27(3)4)53(8)47(60)61-9/h10-19,22-23,26-29,38-41H,20-21,24-25H2,1-9H3,(H,48,51)(H,49,50)(H,58,59)/t28-,29-,38-,39-,40-,41-/m0/s1. The summed E-state index contributed by atoms with van der Waals surface area (Å²) in [6.07, 6.45) is 1.64. The van der Waals surface area contributed by atoms with Crippen molar-refractivity contribution < 1.29 is 29.0 Å². The van der Waals surface area contributed by atoms with E-state index >= 15 is 0 Å². The third-order valence-corrected chi connectivity index (χ3v) is 12.4. The molecule has 0 bridgehead atoms. The highest BCUT2D eigenvalue weighted by Gasteiger charge is 2.43. The van der Waals surface area contributed by atoms with Crippen molar-refractivity contribution >= 4 is 35.0 Å². The SMILES string of the molecule is COC(=O)N(C)[C@H](C(=O)N1C[C@@H](C)C[C@H]1c1nc2ccc(-c3ccc(-c4ccc(-c5cnc([C@@H]6C[C@H](C)CN6C(=O)[C@H](C(C)C)N(C)C(=O)O)[nH]5)cc4)cc3)cc2[nH]1)C(C)C. The van der Waals surface area contributed by atoms with Crippen LogP contribution in [0.5, 0.6) is 0 Å². The zero-order valence-electron chi connectivity index (χ0n) is 36.5. The zero-order chi connectivity index (χ0) is 43.9. The highest BCUT2D eigenvalue weighted by Crippen LogP contribution is 2.39. The Bertz CT molecular complexity index is 2390. The zero-order valence-corrected chi connectivity index (χ0v) is 36.5. The molecule has 3 aromatic carbocycles. The Morgan fingerprint density at radius 1 is 0.705 bits per heavy atom. The normalized spacial score (nSPS) is 20.0. The van der Waals surface area contributed by atoms with Crippen molar-refractivity contribution in [2.24, 2.45) is 23.7 Å². The third kappa shape index (κ3) is 8.58. The second-order valence-electron chi connectivity index (χ2n) is 17.7. The van der Waals surface area contributed by atoms with Crippen molar-refractivity contribution in [2.45, 2.75) is 78.6 Å². The summed E-state index contributed by atoms with van der Waals surface area (Å²) < 4.78 is 4.94. The number of aromatic nitrogens is 4. The first-order chi connectivity index (χ1) is 29.1. The molecule has 0 saturated carbocycles. The van der Waals surface area contributed by atoms with Crippen LogP contribution >= 0.6 is 0 Å². The van der Waals surface area contributed by atoms with E-state index in [0.717, 1.165) is 68.1 Å². The monoisotopic (exact) mass is 830 g/mol. The molecule has 2 aliphatic rings. The quantitative estimate of drug-likeness (QED) is 0.119. The van der Waals surface area contributed by atoms with E-state index in [1.54, 1.807) is 18.1 Å². The third-order valence-electron chi connectivity index (χ3n) is 12.4. The lowest BCUT2D eigenvalue weighted by Gasteiger charge is -2.34. The first kappa shape index (κ1) is 42.9. The number of ether oxygens (including phenoxy) is 1. The molecule has 14 nitrogen and oxygen atoms in total. The van der Waals surface area contributed by atoms with Crippen molar-refractivity contribution in [3.05, 3.63) is 84.6 Å². The van der Waals surface area contributed by atoms with Gasteiger partial charge in [0.1, 0.15) is 23.7 Å². The van der Waals surface area contributed by atoms with Crippen LogP contribution in [0.4, 0.5) is 9.59 Å². The first-order valence-corrected chi connectivity index (χ1v) is 21.2. The molecule has 2 fully saturated rings. The minimum Gasteiger partial charge on any atom is -0.465 e. The molecule has 0 spiro atoms. The minimum absolute atomic E-state index is 0.104. The van der Waals surface area contributed by atoms with Gasteiger partial charge in [0.2, 0.25) is 11.8 Å². The van der Waals surface area contributed by atoms with Crippen LogP contribution in [0.1, 0.15) is 78.1 Å². The van der Waals surface area contributed by atoms with Crippen LogP contribution in [0.3, 0.4) is 0 Å². The maximum absolute atomic E-state index is 14.0. The molecule has 2 aliphatic heterocycles. The predicted molar refractivity (Wildman–Crippen MR) is 234 cm³/mol. The number of imidazole rings is 2. The van der Waals surface area contributed by atoms with Gasteiger partial charge in [-0.3, -0.25) is 19.4 Å². The number of fused-ring (bicyclic) bond motifs is 1. The number of methoxy groups -OCH3 is 1. The number of carboxylic acid groups (broad SMARTS) is 1. The summed E-state index contributed by atoms with van der Waals surface area (Å²) in [5.41, 5.74) is 7.76. The number of nitrogens with one attached hydrogen (secondary N) is 2. The summed E-state index contributed by atoms with van der Waals surface area (Å²) in [6, 6.07) is 21.0. The Hall–Kier alpha value is -6.18. The molecular weight excluding hydrogens is 773 g/mol. The summed E-state index contributed by atoms with van der Waals surface area (Å²) in [6.45, 7) is 13.0. The van der Waals surface area contributed by atoms with Crippen molar-refractivity contribution in [1.82, 2.24) is 39.5 Å². The van der Waals surface area contributed by atoms with Crippen LogP contribution in [0, 0.1) is 23.7 Å². The number of aromatic amines is 2. The lowest BCUT2D eigenvalue weighted by atomic mass is 9.99. The van der Waals surface area contributed by atoms with Gasteiger partial charge in [-0.2, -0.15) is 0 Å². The van der Waals surface area contributed by atoms with Crippen molar-refractivity contribution in [1.29, 1.82) is 0 Å². The molecule has 6 atom stereocenters. The summed E-state index contributed by atoms with van der Waals surface area (Å²) >= 11 is 0. The van der Waals surface area contributed by atoms with Crippen molar-refractivity contribution in [3.8, 4) is 33.5 Å². The van der Waals surface area contributed by atoms with E-state index in [4.69, 9.17) is 14.7 Å². The van der Waals surface area contributed by atoms with Gasteiger partial charge < -0.3 is 29.6 Å². The molecule has 4 heterocycles. The Balaban J connectivity index is 1.04. The van der Waals surface area contributed by atoms with E-state index in [1.807, 2.05) is 38.7 Å². The number of hydrogen-bond acceptors (Lipinski definition) is 7. The highest BCUT2D eigenvalue weighted by atomic mass is 16.5. The van der Waals surface area contributed by atoms with Crippen molar-refractivity contribution in [2.75, 3.05) is 34.3 Å². The number of rotatable bonds is 11. The van der Waals surface area contributed by atoms with Crippen LogP contribution in [-0.4, -0.2) is 115 Å². The fourth-order valence-corrected chi connectivity index (χ4v) is 9.33. The van der Waals surface area contributed by atoms with E-state index < -0.39 is 24.3 Å². The van der Waals surface area contributed by atoms with Gasteiger partial charge in [-0.05, 0) is 76.5 Å². The van der Waals surface area contributed by atoms with E-state index in [9.17, 15) is 24.3 Å². The van der Waals surface area contributed by atoms with Crippen molar-refractivity contribution in [3.63, 3.8) is 0 Å². The average Bonchev–Trinajstić information content (AvgIpc) is 4.05. The van der Waals surface area contributed by atoms with E-state index in [2.05, 4.69) is 84.5 Å². The molecule has 0 unspecified atom stereocenters. The summed E-state index contributed by atoms with van der Waals surface area (Å²) in [5.74, 6) is 1.37. The van der Waals surface area contributed by atoms with Gasteiger partial charge in [-0.1, -0.05) is 96.1 Å². The Kier molecular flexibility index (Phi) is 12.3. The van der Waals surface area contributed by atoms with Crippen LogP contribution in [0.15, 0.2) is 72.9 Å². The van der Waals surface area contributed by atoms with Gasteiger partial charge in [-0.15, -0.1) is 0 Å². The van der Waals surface area contributed by atoms with Crippen LogP contribution in [-0.2, 0) is 14.3 Å². The summed E-state index contributed by atoms with van der Waals surface area (Å²) in [7, 11) is 4.39. The first-order valence-electron chi connectivity index (χ1n) is 21.2. The lowest BCUT2D eigenvalue weighted by Crippen LogP contribution is -2.52. The molecule has 3 N–H and O–H groups in total. The molecule has 2 aromatic heterocycles. The number of amides is 4. The van der Waals surface area contributed by atoms with E-state index in [-0.39, 0.29) is 47.6 Å². The van der Waals surface area contributed by atoms with Gasteiger partial charge >= 0.3 is 12.2 Å². The second kappa shape index (κ2) is 17.4. The number of hydrogen-bond donors (Lipinski definition) is 3. The van der Waals surface area contributed by atoms with E-state index in [1.165, 1.54) is 19.1 Å². The van der Waals surface area contributed by atoms with Crippen LogP contribution < -0.4 is 0 Å². The number of likely N-dealkylation sites (N-methyl/N-ethyl adjacent to an activating group) is 2. The maximum Gasteiger partial charge on any atom is 0.409 e. The van der Waals surface area contributed by atoms with Gasteiger partial charge in [0, 0.05) is 27.2 Å². The summed E-state index contributed by atoms with van der Waals surface area (Å²) in [5, 5.41) is 9.66. The number of carbonyl (C=O) groups excluding carboxylic acids is 3. The van der Waals surface area contributed by atoms with Crippen LogP contribution in [0.25, 0.3) is 44.5 Å². The minimum atomic E-state index is -1.12. The summed E-state index contributed by atoms with van der Waals surface area (Å²) in [4.78, 5) is 74.8. The predicted octanol–water partition coefficient (Wildman–Crippen LogP) is 8.46. The Labute approximate surface area is 357 Å². The topological polar surface area (TPSA) is 168 Å². The Morgan fingerprint density at radius 2 is 1.18 bits per heavy atom. The van der Waals surface area contributed by atoms with Gasteiger partial charge in [-0.25, -0.2) is 19.6 Å². The second-order valence-corrected chi connectivity index (χ2v) is 17.7. The Morgan fingerprint density at radius 3 is 1.69 bits per heavy atom. The number of benzene rings is 3. The maximum atomic E-state index is 14.0. The molecule has 61 heavy (non-hydrogen) atoms. The molecule has 0 aliphatic carbocycles. The fourth-order valence-electron chi connectivity index (χ4n) is 9.33. The highest BCUT2D eigenvalue weighted by molar-refractivity contribution is 5.88. The molecule has 14 heteroatoms. The number of carbonyl (C=O) groups is 4. The smallest absolute Gasteiger partial charge is 0.409 e. The van der Waals surface area contributed by atoms with Crippen LogP contribution in [0.2, 0.25) is 0 Å². The molecule has 7 rings (SSSR count). The molecular formula is C47H58N8O6. The average molecular weight is 831 g/mol. The molecule has 322 valence electrons. The van der Waals surface area contributed by atoms with Gasteiger partial charge in [0.15, 0.2) is 0 Å². The number of nitrogens with zero attached hydrogens (tertiary/aromatic N) is 6. The molecule has 0 radical (unpaired) electrons. The van der Waals surface area contributed by atoms with Gasteiger partial charge in [0.25, 0.3) is 0 Å².